The first-order chi connectivity index (χ1) is 9.18. The maximum absolute atomic E-state index is 11.8. The van der Waals surface area contributed by atoms with Gasteiger partial charge in [-0.3, -0.25) is 9.78 Å². The zero-order valence-corrected chi connectivity index (χ0v) is 10.00. The van der Waals surface area contributed by atoms with Crippen molar-refractivity contribution in [2.24, 2.45) is 0 Å². The van der Waals surface area contributed by atoms with Gasteiger partial charge in [-0.1, -0.05) is 0 Å². The molecule has 2 heterocycles. The molecule has 98 valence electrons. The number of carboxylic acid groups (broad SMARTS) is 1. The minimum Gasteiger partial charge on any atom is -0.478 e. The number of aromatic carboxylic acids is 1. The predicted molar refractivity (Wildman–Crippen MR) is 65.9 cm³/mol. The van der Waals surface area contributed by atoms with Gasteiger partial charge < -0.3 is 14.8 Å². The van der Waals surface area contributed by atoms with Gasteiger partial charge in [-0.05, 0) is 24.3 Å². The lowest BCUT2D eigenvalue weighted by molar-refractivity contribution is 0.0690. The minimum atomic E-state index is -1.18. The molecule has 0 unspecified atom stereocenters. The number of nitrogens with zero attached hydrogens (tertiary/aromatic N) is 1. The van der Waals surface area contributed by atoms with Crippen molar-refractivity contribution in [1.29, 1.82) is 0 Å². The molecular formula is C13H12N2O4. The Morgan fingerprint density at radius 2 is 2.16 bits per heavy atom. The number of carboxylic acids is 1. The Balaban J connectivity index is 1.98. The first kappa shape index (κ1) is 12.8. The van der Waals surface area contributed by atoms with E-state index in [4.69, 9.17) is 9.52 Å². The Hall–Kier alpha value is -2.63. The minimum absolute atomic E-state index is 0.0885. The average molecular weight is 260 g/mol. The zero-order chi connectivity index (χ0) is 13.7. The van der Waals surface area contributed by atoms with Gasteiger partial charge in [-0.25, -0.2) is 4.79 Å². The first-order valence-corrected chi connectivity index (χ1v) is 5.67. The van der Waals surface area contributed by atoms with Gasteiger partial charge in [0.1, 0.15) is 11.5 Å². The van der Waals surface area contributed by atoms with Crippen LogP contribution in [-0.2, 0) is 6.42 Å². The van der Waals surface area contributed by atoms with E-state index in [1.807, 2.05) is 0 Å². The molecule has 2 rings (SSSR count). The zero-order valence-electron chi connectivity index (χ0n) is 10.00. The van der Waals surface area contributed by atoms with Crippen molar-refractivity contribution in [3.05, 3.63) is 53.7 Å². The highest BCUT2D eigenvalue weighted by molar-refractivity contribution is 6.03. The van der Waals surface area contributed by atoms with Gasteiger partial charge in [0.25, 0.3) is 5.91 Å². The lowest BCUT2D eigenvalue weighted by Crippen LogP contribution is -2.28. The molecule has 1 amide bonds. The Morgan fingerprint density at radius 3 is 2.84 bits per heavy atom. The Bertz CT molecular complexity index is 578. The number of hydrogen-bond donors (Lipinski definition) is 2. The van der Waals surface area contributed by atoms with Crippen LogP contribution in [0.25, 0.3) is 0 Å². The number of nitrogens with one attached hydrogen (secondary N) is 1. The fourth-order valence-corrected chi connectivity index (χ4v) is 1.60. The molecule has 0 aromatic carbocycles. The first-order valence-electron chi connectivity index (χ1n) is 5.67. The van der Waals surface area contributed by atoms with E-state index in [0.29, 0.717) is 13.0 Å². The number of carbonyl (C=O) groups is 2. The number of pyridine rings is 1. The van der Waals surface area contributed by atoms with Crippen LogP contribution in [-0.4, -0.2) is 28.5 Å². The van der Waals surface area contributed by atoms with Gasteiger partial charge in [-0.2, -0.15) is 0 Å². The summed E-state index contributed by atoms with van der Waals surface area (Å²) in [6, 6.07) is 6.38. The molecule has 0 aliphatic rings. The van der Waals surface area contributed by atoms with E-state index in [1.165, 1.54) is 18.3 Å². The molecule has 2 N–H and O–H groups in total. The molecule has 6 nitrogen and oxygen atoms in total. The summed E-state index contributed by atoms with van der Waals surface area (Å²) in [6.07, 6.45) is 3.47. The highest BCUT2D eigenvalue weighted by Gasteiger charge is 2.16. The van der Waals surface area contributed by atoms with Crippen LogP contribution in [0, 0.1) is 0 Å². The summed E-state index contributed by atoms with van der Waals surface area (Å²) in [5.74, 6) is -0.936. The fraction of sp³-hybridized carbons (Fsp3) is 0.154. The van der Waals surface area contributed by atoms with Crippen molar-refractivity contribution in [1.82, 2.24) is 10.3 Å². The third kappa shape index (κ3) is 3.19. The van der Waals surface area contributed by atoms with Crippen molar-refractivity contribution in [3.63, 3.8) is 0 Å². The lowest BCUT2D eigenvalue weighted by Gasteiger charge is -2.05. The third-order valence-corrected chi connectivity index (χ3v) is 2.49. The number of rotatable bonds is 5. The van der Waals surface area contributed by atoms with E-state index >= 15 is 0 Å². The number of furan rings is 1. The summed E-state index contributed by atoms with van der Waals surface area (Å²) in [6.45, 7) is 0.349. The van der Waals surface area contributed by atoms with Crippen LogP contribution in [0.4, 0.5) is 0 Å². The number of hydrogen-bond acceptors (Lipinski definition) is 4. The van der Waals surface area contributed by atoms with Gasteiger partial charge in [0.15, 0.2) is 0 Å². The normalized spacial score (nSPS) is 10.1. The van der Waals surface area contributed by atoms with E-state index in [2.05, 4.69) is 10.3 Å². The van der Waals surface area contributed by atoms with Gasteiger partial charge in [0.05, 0.1) is 11.8 Å². The molecule has 0 saturated carbocycles. The van der Waals surface area contributed by atoms with Crippen LogP contribution in [0.15, 0.2) is 41.1 Å². The van der Waals surface area contributed by atoms with Gasteiger partial charge >= 0.3 is 5.97 Å². The summed E-state index contributed by atoms with van der Waals surface area (Å²) in [5.41, 5.74) is -0.201. The maximum atomic E-state index is 11.8. The number of aromatic nitrogens is 1. The van der Waals surface area contributed by atoms with Crippen LogP contribution in [0.1, 0.15) is 26.6 Å². The van der Waals surface area contributed by atoms with Crippen molar-refractivity contribution in [3.8, 4) is 0 Å². The molecule has 6 heteroatoms. The van der Waals surface area contributed by atoms with E-state index in [9.17, 15) is 9.59 Å². The SMILES string of the molecule is O=C(O)c1cccnc1C(=O)NCCc1ccco1. The standard InChI is InChI=1S/C13H12N2O4/c16-12(15-7-5-9-3-2-8-19-9)11-10(13(17)18)4-1-6-14-11/h1-4,6,8H,5,7H2,(H,15,16)(H,17,18). The molecule has 0 saturated heterocycles. The predicted octanol–water partition coefficient (Wildman–Crippen LogP) is 1.35. The number of amides is 1. The molecule has 2 aromatic rings. The second kappa shape index (κ2) is 5.81. The second-order valence-corrected chi connectivity index (χ2v) is 3.79. The van der Waals surface area contributed by atoms with Crippen molar-refractivity contribution >= 4 is 11.9 Å². The van der Waals surface area contributed by atoms with Crippen LogP contribution in [0.2, 0.25) is 0 Å². The summed E-state index contributed by atoms with van der Waals surface area (Å²) in [4.78, 5) is 26.6. The molecule has 0 spiro atoms. The van der Waals surface area contributed by atoms with Crippen molar-refractivity contribution in [2.75, 3.05) is 6.54 Å². The van der Waals surface area contributed by atoms with Crippen molar-refractivity contribution < 1.29 is 19.1 Å². The van der Waals surface area contributed by atoms with Crippen molar-refractivity contribution in [2.45, 2.75) is 6.42 Å². The third-order valence-electron chi connectivity index (χ3n) is 2.49. The molecule has 0 aliphatic carbocycles. The van der Waals surface area contributed by atoms with Crippen LogP contribution >= 0.6 is 0 Å². The largest absolute Gasteiger partial charge is 0.478 e. The number of carbonyl (C=O) groups excluding carboxylic acids is 1. The van der Waals surface area contributed by atoms with E-state index < -0.39 is 11.9 Å². The Kier molecular flexibility index (Phi) is 3.92. The molecule has 19 heavy (non-hydrogen) atoms. The second-order valence-electron chi connectivity index (χ2n) is 3.79. The molecule has 0 fully saturated rings. The highest BCUT2D eigenvalue weighted by Crippen LogP contribution is 2.05. The van der Waals surface area contributed by atoms with Gasteiger partial charge in [-0.15, -0.1) is 0 Å². The van der Waals surface area contributed by atoms with Crippen LogP contribution in [0.5, 0.6) is 0 Å². The molecule has 0 bridgehead atoms. The summed E-state index contributed by atoms with van der Waals surface area (Å²) < 4.78 is 5.12. The molecule has 2 aromatic heterocycles. The molecule has 0 radical (unpaired) electrons. The van der Waals surface area contributed by atoms with E-state index in [-0.39, 0.29) is 11.3 Å². The van der Waals surface area contributed by atoms with Gasteiger partial charge in [0.2, 0.25) is 0 Å². The van der Waals surface area contributed by atoms with Gasteiger partial charge in [0, 0.05) is 19.2 Å². The molecular weight excluding hydrogens is 248 g/mol. The molecule has 0 atom stereocenters. The smallest absolute Gasteiger partial charge is 0.338 e. The topological polar surface area (TPSA) is 92.4 Å². The Morgan fingerprint density at radius 1 is 1.32 bits per heavy atom. The summed E-state index contributed by atoms with van der Waals surface area (Å²) in [7, 11) is 0. The molecule has 0 aliphatic heterocycles. The van der Waals surface area contributed by atoms with Crippen LogP contribution < -0.4 is 5.32 Å². The maximum Gasteiger partial charge on any atom is 0.338 e. The summed E-state index contributed by atoms with van der Waals surface area (Å²) in [5, 5.41) is 11.6. The summed E-state index contributed by atoms with van der Waals surface area (Å²) >= 11 is 0. The highest BCUT2D eigenvalue weighted by atomic mass is 16.4. The van der Waals surface area contributed by atoms with E-state index in [0.717, 1.165) is 5.76 Å². The Labute approximate surface area is 109 Å². The quantitative estimate of drug-likeness (QED) is 0.846. The fourth-order valence-electron chi connectivity index (χ4n) is 1.60. The average Bonchev–Trinajstić information content (AvgIpc) is 2.91. The lowest BCUT2D eigenvalue weighted by atomic mass is 10.2. The monoisotopic (exact) mass is 260 g/mol. The van der Waals surface area contributed by atoms with Crippen LogP contribution in [0.3, 0.4) is 0 Å². The van der Waals surface area contributed by atoms with E-state index in [1.54, 1.807) is 18.4 Å².